The first-order valence-corrected chi connectivity index (χ1v) is 7.36. The molecule has 1 aromatic rings. The standard InChI is InChI=1S/C17H29NO2/c1-7-10-18-16(17(2,3)4)12-13-8-9-14(19-5)15(11-13)20-6/h8-9,11,16,18H,7,10,12H2,1-6H3. The second-order valence-electron chi connectivity index (χ2n) is 6.27. The van der Waals surface area contributed by atoms with Crippen LogP contribution in [0.1, 0.15) is 39.7 Å². The molecule has 1 aromatic carbocycles. The van der Waals surface area contributed by atoms with Crippen LogP contribution in [0.15, 0.2) is 18.2 Å². The summed E-state index contributed by atoms with van der Waals surface area (Å²) in [5.41, 5.74) is 1.49. The maximum atomic E-state index is 5.38. The van der Waals surface area contributed by atoms with Crippen LogP contribution >= 0.6 is 0 Å². The van der Waals surface area contributed by atoms with E-state index in [1.807, 2.05) is 6.07 Å². The number of hydrogen-bond donors (Lipinski definition) is 1. The van der Waals surface area contributed by atoms with Crippen molar-refractivity contribution in [2.75, 3.05) is 20.8 Å². The van der Waals surface area contributed by atoms with Crippen LogP contribution in [0.25, 0.3) is 0 Å². The third kappa shape index (κ3) is 4.71. The van der Waals surface area contributed by atoms with Crippen LogP contribution in [0.5, 0.6) is 11.5 Å². The SMILES string of the molecule is CCCNC(Cc1ccc(OC)c(OC)c1)C(C)(C)C. The second kappa shape index (κ2) is 7.53. The van der Waals surface area contributed by atoms with Gasteiger partial charge in [-0.15, -0.1) is 0 Å². The highest BCUT2D eigenvalue weighted by atomic mass is 16.5. The lowest BCUT2D eigenvalue weighted by Crippen LogP contribution is -2.42. The van der Waals surface area contributed by atoms with Crippen LogP contribution < -0.4 is 14.8 Å². The molecule has 1 N–H and O–H groups in total. The van der Waals surface area contributed by atoms with Gasteiger partial charge in [-0.25, -0.2) is 0 Å². The van der Waals surface area contributed by atoms with Crippen molar-refractivity contribution in [3.05, 3.63) is 23.8 Å². The van der Waals surface area contributed by atoms with Gasteiger partial charge in [-0.1, -0.05) is 33.8 Å². The van der Waals surface area contributed by atoms with E-state index < -0.39 is 0 Å². The third-order valence-electron chi connectivity index (χ3n) is 3.57. The lowest BCUT2D eigenvalue weighted by atomic mass is 9.83. The fourth-order valence-electron chi connectivity index (χ4n) is 2.25. The Hall–Kier alpha value is -1.22. The summed E-state index contributed by atoms with van der Waals surface area (Å²) in [6.07, 6.45) is 2.14. The second-order valence-corrected chi connectivity index (χ2v) is 6.27. The molecule has 3 nitrogen and oxygen atoms in total. The summed E-state index contributed by atoms with van der Waals surface area (Å²) in [5, 5.41) is 3.65. The smallest absolute Gasteiger partial charge is 0.160 e. The van der Waals surface area contributed by atoms with Gasteiger partial charge in [0.25, 0.3) is 0 Å². The minimum Gasteiger partial charge on any atom is -0.493 e. The predicted octanol–water partition coefficient (Wildman–Crippen LogP) is 3.66. The van der Waals surface area contributed by atoms with Crippen molar-refractivity contribution in [2.45, 2.75) is 46.6 Å². The molecule has 0 saturated carbocycles. The normalized spacial score (nSPS) is 13.1. The highest BCUT2D eigenvalue weighted by molar-refractivity contribution is 5.43. The van der Waals surface area contributed by atoms with Gasteiger partial charge in [0.15, 0.2) is 11.5 Å². The summed E-state index contributed by atoms with van der Waals surface area (Å²) in [4.78, 5) is 0. The third-order valence-corrected chi connectivity index (χ3v) is 3.57. The Morgan fingerprint density at radius 3 is 2.25 bits per heavy atom. The monoisotopic (exact) mass is 279 g/mol. The van der Waals surface area contributed by atoms with Gasteiger partial charge < -0.3 is 14.8 Å². The Bertz CT molecular complexity index is 410. The molecule has 0 heterocycles. The fraction of sp³-hybridized carbons (Fsp3) is 0.647. The molecule has 1 unspecified atom stereocenters. The molecule has 0 saturated heterocycles. The first-order chi connectivity index (χ1) is 9.42. The van der Waals surface area contributed by atoms with E-state index in [0.29, 0.717) is 6.04 Å². The lowest BCUT2D eigenvalue weighted by Gasteiger charge is -2.32. The van der Waals surface area contributed by atoms with Crippen LogP contribution in [0.2, 0.25) is 0 Å². The molecule has 3 heteroatoms. The van der Waals surface area contributed by atoms with Gasteiger partial charge in [0.05, 0.1) is 14.2 Å². The topological polar surface area (TPSA) is 30.5 Å². The minimum absolute atomic E-state index is 0.225. The van der Waals surface area contributed by atoms with Gasteiger partial charge >= 0.3 is 0 Å². The molecule has 0 aromatic heterocycles. The van der Waals surface area contributed by atoms with E-state index in [9.17, 15) is 0 Å². The number of rotatable bonds is 7. The van der Waals surface area contributed by atoms with Crippen molar-refractivity contribution in [2.24, 2.45) is 5.41 Å². The molecule has 0 aliphatic carbocycles. The zero-order valence-corrected chi connectivity index (χ0v) is 13.7. The average molecular weight is 279 g/mol. The molecular formula is C17H29NO2. The van der Waals surface area contributed by atoms with Crippen LogP contribution in [0.4, 0.5) is 0 Å². The molecule has 1 rings (SSSR count). The summed E-state index contributed by atoms with van der Waals surface area (Å²) >= 11 is 0. The Labute approximate surface area is 123 Å². The molecule has 0 radical (unpaired) electrons. The Morgan fingerprint density at radius 1 is 1.10 bits per heavy atom. The molecule has 0 bridgehead atoms. The van der Waals surface area contributed by atoms with E-state index in [2.05, 4.69) is 45.1 Å². The number of ether oxygens (including phenoxy) is 2. The highest BCUT2D eigenvalue weighted by Gasteiger charge is 2.24. The van der Waals surface area contributed by atoms with Gasteiger partial charge in [-0.3, -0.25) is 0 Å². The van der Waals surface area contributed by atoms with Crippen molar-refractivity contribution >= 4 is 0 Å². The minimum atomic E-state index is 0.225. The van der Waals surface area contributed by atoms with Crippen molar-refractivity contribution in [1.29, 1.82) is 0 Å². The van der Waals surface area contributed by atoms with Crippen LogP contribution in [0, 0.1) is 5.41 Å². The van der Waals surface area contributed by atoms with E-state index >= 15 is 0 Å². The number of hydrogen-bond acceptors (Lipinski definition) is 3. The maximum Gasteiger partial charge on any atom is 0.160 e. The zero-order valence-electron chi connectivity index (χ0n) is 13.7. The highest BCUT2D eigenvalue weighted by Crippen LogP contribution is 2.30. The Balaban J connectivity index is 2.87. The van der Waals surface area contributed by atoms with Crippen molar-refractivity contribution in [1.82, 2.24) is 5.32 Å². The Kier molecular flexibility index (Phi) is 6.34. The van der Waals surface area contributed by atoms with Crippen molar-refractivity contribution < 1.29 is 9.47 Å². The van der Waals surface area contributed by atoms with Gasteiger partial charge in [-0.05, 0) is 42.5 Å². The van der Waals surface area contributed by atoms with Crippen molar-refractivity contribution in [3.8, 4) is 11.5 Å². The van der Waals surface area contributed by atoms with Crippen LogP contribution in [-0.4, -0.2) is 26.8 Å². The summed E-state index contributed by atoms with van der Waals surface area (Å²) in [6.45, 7) is 10.1. The van der Waals surface area contributed by atoms with Crippen LogP contribution in [-0.2, 0) is 6.42 Å². The molecular weight excluding hydrogens is 250 g/mol. The van der Waals surface area contributed by atoms with Crippen LogP contribution in [0.3, 0.4) is 0 Å². The zero-order chi connectivity index (χ0) is 15.2. The fourth-order valence-corrected chi connectivity index (χ4v) is 2.25. The number of methoxy groups -OCH3 is 2. The van der Waals surface area contributed by atoms with Crippen molar-refractivity contribution in [3.63, 3.8) is 0 Å². The molecule has 0 amide bonds. The molecule has 0 aliphatic rings. The summed E-state index contributed by atoms with van der Waals surface area (Å²) in [7, 11) is 3.34. The van der Waals surface area contributed by atoms with E-state index in [-0.39, 0.29) is 5.41 Å². The van der Waals surface area contributed by atoms with E-state index in [1.54, 1.807) is 14.2 Å². The largest absolute Gasteiger partial charge is 0.493 e. The molecule has 1 atom stereocenters. The molecule has 114 valence electrons. The van der Waals surface area contributed by atoms with E-state index in [0.717, 1.165) is 30.9 Å². The van der Waals surface area contributed by atoms with E-state index in [1.165, 1.54) is 5.56 Å². The van der Waals surface area contributed by atoms with E-state index in [4.69, 9.17) is 9.47 Å². The average Bonchev–Trinajstić information content (AvgIpc) is 2.41. The van der Waals surface area contributed by atoms with Gasteiger partial charge in [-0.2, -0.15) is 0 Å². The Morgan fingerprint density at radius 2 is 1.75 bits per heavy atom. The molecule has 0 spiro atoms. The summed E-state index contributed by atoms with van der Waals surface area (Å²) in [5.74, 6) is 1.58. The molecule has 0 fully saturated rings. The van der Waals surface area contributed by atoms with Gasteiger partial charge in [0.1, 0.15) is 0 Å². The number of benzene rings is 1. The summed E-state index contributed by atoms with van der Waals surface area (Å²) in [6, 6.07) is 6.62. The predicted molar refractivity (Wildman–Crippen MR) is 84.8 cm³/mol. The quantitative estimate of drug-likeness (QED) is 0.826. The lowest BCUT2D eigenvalue weighted by molar-refractivity contribution is 0.266. The first-order valence-electron chi connectivity index (χ1n) is 7.36. The number of nitrogens with one attached hydrogen (secondary N) is 1. The molecule has 20 heavy (non-hydrogen) atoms. The summed E-state index contributed by atoms with van der Waals surface area (Å²) < 4.78 is 10.7. The maximum absolute atomic E-state index is 5.38. The first kappa shape index (κ1) is 16.8. The van der Waals surface area contributed by atoms with Gasteiger partial charge in [0.2, 0.25) is 0 Å². The van der Waals surface area contributed by atoms with Gasteiger partial charge in [0, 0.05) is 6.04 Å². The molecule has 0 aliphatic heterocycles.